The van der Waals surface area contributed by atoms with Crippen molar-refractivity contribution in [3.8, 4) is 0 Å². The molecule has 0 amide bonds. The second-order valence-electron chi connectivity index (χ2n) is 3.61. The predicted octanol–water partition coefficient (Wildman–Crippen LogP) is 2.17. The Morgan fingerprint density at radius 3 is 2.73 bits per heavy atom. The lowest BCUT2D eigenvalue weighted by Crippen LogP contribution is -2.14. The Hall–Kier alpha value is -1.23. The highest BCUT2D eigenvalue weighted by molar-refractivity contribution is 5.59. The Labute approximate surface area is 85.3 Å². The minimum absolute atomic E-state index is 0.0118. The summed E-state index contributed by atoms with van der Waals surface area (Å²) in [4.78, 5) is 0. The van der Waals surface area contributed by atoms with Crippen molar-refractivity contribution >= 4 is 5.69 Å². The van der Waals surface area contributed by atoms with Gasteiger partial charge in [0.2, 0.25) is 0 Å². The molecule has 1 aliphatic heterocycles. The van der Waals surface area contributed by atoms with Gasteiger partial charge in [0.05, 0.1) is 5.56 Å². The Bertz CT molecular complexity index is 373. The number of benzene rings is 1. The first-order valence-corrected chi connectivity index (χ1v) is 4.67. The topological polar surface area (TPSA) is 38.0 Å². The molecule has 1 heterocycles. The van der Waals surface area contributed by atoms with Crippen LogP contribution in [0.3, 0.4) is 0 Å². The van der Waals surface area contributed by atoms with Crippen molar-refractivity contribution in [2.75, 3.05) is 18.4 Å². The molecule has 15 heavy (non-hydrogen) atoms. The number of fused-ring (bicyclic) bond motifs is 1. The molecular weight excluding hydrogens is 205 g/mol. The fourth-order valence-electron chi connectivity index (χ4n) is 1.79. The van der Waals surface area contributed by atoms with Crippen molar-refractivity contribution in [1.29, 1.82) is 0 Å². The minimum Gasteiger partial charge on any atom is -0.384 e. The molecule has 0 fully saturated rings. The van der Waals surface area contributed by atoms with Crippen molar-refractivity contribution in [2.24, 2.45) is 5.73 Å². The van der Waals surface area contributed by atoms with Crippen LogP contribution in [0.15, 0.2) is 18.2 Å². The van der Waals surface area contributed by atoms with Crippen molar-refractivity contribution < 1.29 is 13.2 Å². The maximum absolute atomic E-state index is 12.4. The molecule has 82 valence electrons. The first kappa shape index (κ1) is 10.3. The summed E-state index contributed by atoms with van der Waals surface area (Å²) < 4.78 is 37.3. The lowest BCUT2D eigenvalue weighted by atomic mass is 9.99. The number of hydrogen-bond donors (Lipinski definition) is 2. The molecule has 0 saturated carbocycles. The van der Waals surface area contributed by atoms with Crippen molar-refractivity contribution in [3.63, 3.8) is 0 Å². The Morgan fingerprint density at radius 2 is 2.13 bits per heavy atom. The van der Waals surface area contributed by atoms with Crippen LogP contribution in [-0.4, -0.2) is 13.1 Å². The predicted molar refractivity (Wildman–Crippen MR) is 51.7 cm³/mol. The summed E-state index contributed by atoms with van der Waals surface area (Å²) in [7, 11) is 0. The molecule has 2 nitrogen and oxygen atoms in total. The summed E-state index contributed by atoms with van der Waals surface area (Å²) >= 11 is 0. The smallest absolute Gasteiger partial charge is 0.384 e. The molecule has 5 heteroatoms. The van der Waals surface area contributed by atoms with E-state index in [1.807, 2.05) is 0 Å². The fourth-order valence-corrected chi connectivity index (χ4v) is 1.79. The van der Waals surface area contributed by atoms with Crippen molar-refractivity contribution in [3.05, 3.63) is 29.3 Å². The maximum atomic E-state index is 12.4. The van der Waals surface area contributed by atoms with Gasteiger partial charge in [-0.3, -0.25) is 0 Å². The van der Waals surface area contributed by atoms with Gasteiger partial charge in [-0.1, -0.05) is 0 Å². The summed E-state index contributed by atoms with van der Waals surface area (Å²) in [6.07, 6.45) is -4.28. The third-order valence-corrected chi connectivity index (χ3v) is 2.64. The van der Waals surface area contributed by atoms with E-state index in [0.717, 1.165) is 11.8 Å². The van der Waals surface area contributed by atoms with Gasteiger partial charge in [0.1, 0.15) is 0 Å². The number of nitrogens with one attached hydrogen (secondary N) is 1. The highest BCUT2D eigenvalue weighted by Gasteiger charge is 2.32. The van der Waals surface area contributed by atoms with Crippen LogP contribution in [-0.2, 0) is 6.18 Å². The van der Waals surface area contributed by atoms with E-state index in [-0.39, 0.29) is 5.92 Å². The first-order chi connectivity index (χ1) is 7.02. The van der Waals surface area contributed by atoms with E-state index in [2.05, 4.69) is 5.32 Å². The molecule has 1 aromatic rings. The highest BCUT2D eigenvalue weighted by atomic mass is 19.4. The average molecular weight is 216 g/mol. The summed E-state index contributed by atoms with van der Waals surface area (Å²) in [6, 6.07) is 3.74. The SMILES string of the molecule is NCC1CNc2ccc(C(F)(F)F)cc21. The number of nitrogens with two attached hydrogens (primary N) is 1. The summed E-state index contributed by atoms with van der Waals surface area (Å²) in [5.41, 5.74) is 6.31. The van der Waals surface area contributed by atoms with E-state index in [4.69, 9.17) is 5.73 Å². The molecule has 3 N–H and O–H groups in total. The zero-order valence-corrected chi connectivity index (χ0v) is 7.93. The van der Waals surface area contributed by atoms with Gasteiger partial charge in [-0.2, -0.15) is 13.2 Å². The number of anilines is 1. The van der Waals surface area contributed by atoms with Gasteiger partial charge in [-0.15, -0.1) is 0 Å². The molecule has 0 bridgehead atoms. The first-order valence-electron chi connectivity index (χ1n) is 4.67. The fraction of sp³-hybridized carbons (Fsp3) is 0.400. The molecule has 0 radical (unpaired) electrons. The third kappa shape index (κ3) is 1.79. The van der Waals surface area contributed by atoms with Crippen LogP contribution in [0.2, 0.25) is 0 Å². The van der Waals surface area contributed by atoms with Gasteiger partial charge >= 0.3 is 6.18 Å². The number of rotatable bonds is 1. The Kier molecular flexibility index (Phi) is 2.34. The second-order valence-corrected chi connectivity index (χ2v) is 3.61. The molecule has 1 atom stereocenters. The van der Waals surface area contributed by atoms with Crippen LogP contribution in [0.4, 0.5) is 18.9 Å². The normalized spacial score (nSPS) is 19.9. The van der Waals surface area contributed by atoms with E-state index in [9.17, 15) is 13.2 Å². The minimum atomic E-state index is -4.28. The largest absolute Gasteiger partial charge is 0.416 e. The van der Waals surface area contributed by atoms with Crippen LogP contribution in [0.1, 0.15) is 17.0 Å². The average Bonchev–Trinajstić information content (AvgIpc) is 2.57. The maximum Gasteiger partial charge on any atom is 0.416 e. The summed E-state index contributed by atoms with van der Waals surface area (Å²) in [5.74, 6) is -0.0118. The zero-order valence-electron chi connectivity index (χ0n) is 7.93. The van der Waals surface area contributed by atoms with Gasteiger partial charge in [-0.05, 0) is 23.8 Å². The molecule has 0 spiro atoms. The van der Waals surface area contributed by atoms with E-state index in [1.165, 1.54) is 12.1 Å². The van der Waals surface area contributed by atoms with Gasteiger partial charge in [0.25, 0.3) is 0 Å². The molecule has 0 saturated heterocycles. The Balaban J connectivity index is 2.41. The molecule has 2 rings (SSSR count). The van der Waals surface area contributed by atoms with Gasteiger partial charge in [-0.25, -0.2) is 0 Å². The van der Waals surface area contributed by atoms with Crippen molar-refractivity contribution in [2.45, 2.75) is 12.1 Å². The zero-order chi connectivity index (χ0) is 11.1. The lowest BCUT2D eigenvalue weighted by Gasteiger charge is -2.10. The number of halogens is 3. The van der Waals surface area contributed by atoms with Crippen LogP contribution >= 0.6 is 0 Å². The third-order valence-electron chi connectivity index (χ3n) is 2.64. The molecular formula is C10H11F3N2. The molecule has 0 aromatic heterocycles. The lowest BCUT2D eigenvalue weighted by molar-refractivity contribution is -0.137. The Morgan fingerprint density at radius 1 is 1.40 bits per heavy atom. The quantitative estimate of drug-likeness (QED) is 0.755. The summed E-state index contributed by atoms with van der Waals surface area (Å²) in [5, 5.41) is 3.03. The van der Waals surface area contributed by atoms with Crippen LogP contribution in [0.25, 0.3) is 0 Å². The molecule has 1 aromatic carbocycles. The van der Waals surface area contributed by atoms with Gasteiger partial charge < -0.3 is 11.1 Å². The highest BCUT2D eigenvalue weighted by Crippen LogP contribution is 2.36. The van der Waals surface area contributed by atoms with E-state index < -0.39 is 11.7 Å². The second kappa shape index (κ2) is 3.41. The van der Waals surface area contributed by atoms with Crippen LogP contribution in [0, 0.1) is 0 Å². The number of hydrogen-bond acceptors (Lipinski definition) is 2. The standard InChI is InChI=1S/C10H11F3N2/c11-10(12,13)7-1-2-9-8(3-7)6(4-14)5-15-9/h1-3,6,15H,4-5,14H2. The molecule has 0 aliphatic carbocycles. The van der Waals surface area contributed by atoms with Gasteiger partial charge in [0.15, 0.2) is 0 Å². The van der Waals surface area contributed by atoms with Crippen molar-refractivity contribution in [1.82, 2.24) is 0 Å². The van der Waals surface area contributed by atoms with E-state index in [1.54, 1.807) is 0 Å². The number of alkyl halides is 3. The van der Waals surface area contributed by atoms with Crippen LogP contribution in [0.5, 0.6) is 0 Å². The van der Waals surface area contributed by atoms with Gasteiger partial charge in [0, 0.05) is 24.7 Å². The van der Waals surface area contributed by atoms with E-state index >= 15 is 0 Å². The monoisotopic (exact) mass is 216 g/mol. The van der Waals surface area contributed by atoms with E-state index in [0.29, 0.717) is 18.7 Å². The summed E-state index contributed by atoms with van der Waals surface area (Å²) in [6.45, 7) is 0.981. The van der Waals surface area contributed by atoms with Crippen LogP contribution < -0.4 is 11.1 Å². The molecule has 1 aliphatic rings. The molecule has 1 unspecified atom stereocenters.